The first-order chi connectivity index (χ1) is 7.86. The van der Waals surface area contributed by atoms with E-state index in [1.807, 2.05) is 12.1 Å². The van der Waals surface area contributed by atoms with Gasteiger partial charge in [-0.1, -0.05) is 19.1 Å². The quantitative estimate of drug-likeness (QED) is 0.662. The summed E-state index contributed by atoms with van der Waals surface area (Å²) >= 11 is 0. The summed E-state index contributed by atoms with van der Waals surface area (Å²) in [4.78, 5) is 0. The third kappa shape index (κ3) is 5.14. The smallest absolute Gasteiger partial charge is 0.119 e. The Labute approximate surface area is 97.4 Å². The minimum Gasteiger partial charge on any atom is -0.494 e. The molecule has 3 heteroatoms. The van der Waals surface area contributed by atoms with Gasteiger partial charge in [-0.25, -0.2) is 0 Å². The molecule has 0 saturated heterocycles. The van der Waals surface area contributed by atoms with Crippen LogP contribution in [0.15, 0.2) is 24.3 Å². The van der Waals surface area contributed by atoms with Crippen LogP contribution in [-0.2, 0) is 6.54 Å². The Morgan fingerprint density at radius 1 is 1.38 bits per heavy atom. The highest BCUT2D eigenvalue weighted by atomic mass is 16.5. The fourth-order valence-corrected chi connectivity index (χ4v) is 1.40. The highest BCUT2D eigenvalue weighted by molar-refractivity contribution is 5.28. The number of nitrogens with one attached hydrogen (secondary N) is 1. The summed E-state index contributed by atoms with van der Waals surface area (Å²) in [6.07, 6.45) is 1.82. The third-order valence-electron chi connectivity index (χ3n) is 2.21. The SMILES string of the molecule is CCCOc1cccc(CNCCCO)c1. The second-order valence-corrected chi connectivity index (χ2v) is 3.75. The molecule has 16 heavy (non-hydrogen) atoms. The van der Waals surface area contributed by atoms with Crippen LogP contribution in [-0.4, -0.2) is 24.9 Å². The minimum absolute atomic E-state index is 0.243. The number of benzene rings is 1. The minimum atomic E-state index is 0.243. The molecule has 3 nitrogen and oxygen atoms in total. The van der Waals surface area contributed by atoms with E-state index in [2.05, 4.69) is 24.4 Å². The number of rotatable bonds is 8. The summed E-state index contributed by atoms with van der Waals surface area (Å²) in [5, 5.41) is 11.9. The predicted molar refractivity (Wildman–Crippen MR) is 65.6 cm³/mol. The summed E-state index contributed by atoms with van der Waals surface area (Å²) in [5.41, 5.74) is 1.21. The van der Waals surface area contributed by atoms with Crippen LogP contribution in [0, 0.1) is 0 Å². The lowest BCUT2D eigenvalue weighted by Crippen LogP contribution is -2.15. The Kier molecular flexibility index (Phi) is 6.61. The topological polar surface area (TPSA) is 41.5 Å². The summed E-state index contributed by atoms with van der Waals surface area (Å²) in [5.74, 6) is 0.934. The molecule has 0 saturated carbocycles. The lowest BCUT2D eigenvalue weighted by atomic mass is 10.2. The zero-order valence-corrected chi connectivity index (χ0v) is 9.91. The van der Waals surface area contributed by atoms with E-state index in [1.54, 1.807) is 0 Å². The van der Waals surface area contributed by atoms with Crippen LogP contribution in [0.3, 0.4) is 0 Å². The standard InChI is InChI=1S/C13H21NO2/c1-2-9-16-13-6-3-5-12(10-13)11-14-7-4-8-15/h3,5-6,10,14-15H,2,4,7-9,11H2,1H3. The van der Waals surface area contributed by atoms with Crippen LogP contribution in [0.1, 0.15) is 25.3 Å². The van der Waals surface area contributed by atoms with Gasteiger partial charge in [0.25, 0.3) is 0 Å². The molecule has 0 heterocycles. The summed E-state index contributed by atoms with van der Waals surface area (Å²) in [6, 6.07) is 8.12. The van der Waals surface area contributed by atoms with Gasteiger partial charge in [0.05, 0.1) is 6.61 Å². The summed E-state index contributed by atoms with van der Waals surface area (Å²) < 4.78 is 5.56. The molecule has 0 unspecified atom stereocenters. The Morgan fingerprint density at radius 3 is 3.00 bits per heavy atom. The average molecular weight is 223 g/mol. The lowest BCUT2D eigenvalue weighted by Gasteiger charge is -2.07. The van der Waals surface area contributed by atoms with Gasteiger partial charge < -0.3 is 15.2 Å². The zero-order chi connectivity index (χ0) is 11.6. The highest BCUT2D eigenvalue weighted by Crippen LogP contribution is 2.13. The van der Waals surface area contributed by atoms with Gasteiger partial charge in [-0.3, -0.25) is 0 Å². The van der Waals surface area contributed by atoms with Crippen molar-refractivity contribution in [3.63, 3.8) is 0 Å². The van der Waals surface area contributed by atoms with Crippen LogP contribution in [0.25, 0.3) is 0 Å². The van der Waals surface area contributed by atoms with Crippen LogP contribution in [0.2, 0.25) is 0 Å². The molecule has 90 valence electrons. The Bertz CT molecular complexity index is 289. The Balaban J connectivity index is 2.35. The molecule has 1 aromatic rings. The molecule has 0 bridgehead atoms. The van der Waals surface area contributed by atoms with E-state index in [4.69, 9.17) is 9.84 Å². The van der Waals surface area contributed by atoms with Crippen molar-refractivity contribution in [3.8, 4) is 5.75 Å². The van der Waals surface area contributed by atoms with Crippen molar-refractivity contribution in [1.29, 1.82) is 0 Å². The largest absolute Gasteiger partial charge is 0.494 e. The molecule has 0 fully saturated rings. The van der Waals surface area contributed by atoms with Crippen molar-refractivity contribution in [3.05, 3.63) is 29.8 Å². The van der Waals surface area contributed by atoms with E-state index < -0.39 is 0 Å². The molecule has 0 amide bonds. The molecule has 0 aromatic heterocycles. The van der Waals surface area contributed by atoms with Crippen molar-refractivity contribution in [1.82, 2.24) is 5.32 Å². The monoisotopic (exact) mass is 223 g/mol. The predicted octanol–water partition coefficient (Wildman–Crippen LogP) is 1.95. The third-order valence-corrected chi connectivity index (χ3v) is 2.21. The van der Waals surface area contributed by atoms with Crippen molar-refractivity contribution in [2.75, 3.05) is 19.8 Å². The van der Waals surface area contributed by atoms with Crippen LogP contribution in [0.5, 0.6) is 5.75 Å². The molecule has 1 aromatic carbocycles. The maximum absolute atomic E-state index is 8.64. The second kappa shape index (κ2) is 8.13. The van der Waals surface area contributed by atoms with Gasteiger partial charge in [-0.05, 0) is 37.1 Å². The summed E-state index contributed by atoms with van der Waals surface area (Å²) in [6.45, 7) is 4.77. The summed E-state index contributed by atoms with van der Waals surface area (Å²) in [7, 11) is 0. The zero-order valence-electron chi connectivity index (χ0n) is 9.91. The van der Waals surface area contributed by atoms with E-state index in [-0.39, 0.29) is 6.61 Å². The first-order valence-electron chi connectivity index (χ1n) is 5.90. The van der Waals surface area contributed by atoms with E-state index in [0.717, 1.165) is 38.3 Å². The Morgan fingerprint density at radius 2 is 2.25 bits per heavy atom. The molecular formula is C13H21NO2. The van der Waals surface area contributed by atoms with E-state index in [1.165, 1.54) is 5.56 Å². The van der Waals surface area contributed by atoms with E-state index in [9.17, 15) is 0 Å². The molecule has 0 atom stereocenters. The molecular weight excluding hydrogens is 202 g/mol. The number of ether oxygens (including phenoxy) is 1. The highest BCUT2D eigenvalue weighted by Gasteiger charge is 1.96. The number of hydrogen-bond donors (Lipinski definition) is 2. The van der Waals surface area contributed by atoms with Crippen molar-refractivity contribution in [2.24, 2.45) is 0 Å². The normalized spacial score (nSPS) is 10.4. The van der Waals surface area contributed by atoms with Crippen LogP contribution in [0.4, 0.5) is 0 Å². The van der Waals surface area contributed by atoms with Crippen molar-refractivity contribution >= 4 is 0 Å². The van der Waals surface area contributed by atoms with Crippen molar-refractivity contribution in [2.45, 2.75) is 26.3 Å². The number of hydrogen-bond acceptors (Lipinski definition) is 3. The fourth-order valence-electron chi connectivity index (χ4n) is 1.40. The maximum Gasteiger partial charge on any atom is 0.119 e. The van der Waals surface area contributed by atoms with Gasteiger partial charge in [0.2, 0.25) is 0 Å². The van der Waals surface area contributed by atoms with E-state index >= 15 is 0 Å². The average Bonchev–Trinajstić information content (AvgIpc) is 2.33. The maximum atomic E-state index is 8.64. The van der Waals surface area contributed by atoms with Gasteiger partial charge in [0.15, 0.2) is 0 Å². The van der Waals surface area contributed by atoms with Gasteiger partial charge >= 0.3 is 0 Å². The molecule has 0 spiro atoms. The van der Waals surface area contributed by atoms with Gasteiger partial charge in [-0.2, -0.15) is 0 Å². The first-order valence-corrected chi connectivity index (χ1v) is 5.90. The van der Waals surface area contributed by atoms with Crippen molar-refractivity contribution < 1.29 is 9.84 Å². The van der Waals surface area contributed by atoms with Crippen LogP contribution < -0.4 is 10.1 Å². The van der Waals surface area contributed by atoms with Crippen LogP contribution >= 0.6 is 0 Å². The second-order valence-electron chi connectivity index (χ2n) is 3.75. The number of aliphatic hydroxyl groups excluding tert-OH is 1. The van der Waals surface area contributed by atoms with Gasteiger partial charge in [0, 0.05) is 13.2 Å². The molecule has 0 aliphatic heterocycles. The molecule has 1 rings (SSSR count). The first kappa shape index (κ1) is 13.0. The van der Waals surface area contributed by atoms with Gasteiger partial charge in [0.1, 0.15) is 5.75 Å². The molecule has 0 aliphatic rings. The van der Waals surface area contributed by atoms with E-state index in [0.29, 0.717) is 0 Å². The Hall–Kier alpha value is -1.06. The molecule has 0 radical (unpaired) electrons. The molecule has 0 aliphatic carbocycles. The van der Waals surface area contributed by atoms with Gasteiger partial charge in [-0.15, -0.1) is 0 Å². The fraction of sp³-hybridized carbons (Fsp3) is 0.538. The molecule has 2 N–H and O–H groups in total. The lowest BCUT2D eigenvalue weighted by molar-refractivity contribution is 0.286. The number of aliphatic hydroxyl groups is 1.